The van der Waals surface area contributed by atoms with Gasteiger partial charge in [-0.25, -0.2) is 4.39 Å². The van der Waals surface area contributed by atoms with Gasteiger partial charge in [-0.15, -0.1) is 0 Å². The highest BCUT2D eigenvalue weighted by molar-refractivity contribution is 7.99. The average Bonchev–Trinajstić information content (AvgIpc) is 2.93. The molecule has 21 heavy (non-hydrogen) atoms. The van der Waals surface area contributed by atoms with E-state index >= 15 is 0 Å². The van der Waals surface area contributed by atoms with E-state index in [9.17, 15) is 4.39 Å². The lowest BCUT2D eigenvalue weighted by atomic mass is 10.1. The Kier molecular flexibility index (Phi) is 5.82. The first-order chi connectivity index (χ1) is 10.1. The molecule has 2 rings (SSSR count). The number of nitrogens with one attached hydrogen (secondary N) is 1. The van der Waals surface area contributed by atoms with Crippen molar-refractivity contribution in [3.63, 3.8) is 0 Å². The number of rotatable bonds is 7. The monoisotopic (exact) mass is 307 g/mol. The topological polar surface area (TPSA) is 31.9 Å². The van der Waals surface area contributed by atoms with Gasteiger partial charge in [-0.2, -0.15) is 16.9 Å². The van der Waals surface area contributed by atoms with Gasteiger partial charge in [0.1, 0.15) is 5.82 Å². The van der Waals surface area contributed by atoms with E-state index in [4.69, 9.17) is 0 Å². The Morgan fingerprint density at radius 1 is 1.33 bits per heavy atom. The highest BCUT2D eigenvalue weighted by Gasteiger charge is 2.11. The molecule has 114 valence electrons. The van der Waals surface area contributed by atoms with Crippen molar-refractivity contribution in [1.82, 2.24) is 15.1 Å². The van der Waals surface area contributed by atoms with Crippen molar-refractivity contribution in [3.05, 3.63) is 41.8 Å². The maximum absolute atomic E-state index is 13.0. The molecule has 1 N–H and O–H groups in total. The fourth-order valence-electron chi connectivity index (χ4n) is 2.19. The van der Waals surface area contributed by atoms with E-state index in [0.717, 1.165) is 29.9 Å². The summed E-state index contributed by atoms with van der Waals surface area (Å²) in [7, 11) is 2.12. The van der Waals surface area contributed by atoms with Crippen LogP contribution in [0.5, 0.6) is 0 Å². The van der Waals surface area contributed by atoms with Gasteiger partial charge < -0.3 is 4.90 Å². The summed E-state index contributed by atoms with van der Waals surface area (Å²) in [5.74, 6) is -0.219. The van der Waals surface area contributed by atoms with E-state index < -0.39 is 0 Å². The quantitative estimate of drug-likeness (QED) is 0.844. The third-order valence-electron chi connectivity index (χ3n) is 3.61. The van der Waals surface area contributed by atoms with Crippen LogP contribution >= 0.6 is 11.8 Å². The van der Waals surface area contributed by atoms with Gasteiger partial charge in [0, 0.05) is 22.9 Å². The van der Waals surface area contributed by atoms with Crippen molar-refractivity contribution in [3.8, 4) is 11.3 Å². The molecule has 1 unspecified atom stereocenters. The Balaban J connectivity index is 2.01. The molecule has 0 aliphatic rings. The molecule has 0 fully saturated rings. The molecule has 0 aliphatic carbocycles. The third kappa shape index (κ3) is 4.58. The first-order valence-corrected chi connectivity index (χ1v) is 8.38. The molecule has 0 aliphatic heterocycles. The smallest absolute Gasteiger partial charge is 0.123 e. The number of aromatic amines is 1. The predicted octanol–water partition coefficient (Wildman–Crippen LogP) is 3.79. The van der Waals surface area contributed by atoms with Gasteiger partial charge in [-0.05, 0) is 50.5 Å². The summed E-state index contributed by atoms with van der Waals surface area (Å²) >= 11 is 1.90. The maximum Gasteiger partial charge on any atom is 0.123 e. The van der Waals surface area contributed by atoms with Crippen LogP contribution in [0.15, 0.2) is 30.5 Å². The minimum Gasteiger partial charge on any atom is -0.302 e. The van der Waals surface area contributed by atoms with Gasteiger partial charge in [0.25, 0.3) is 0 Å². The van der Waals surface area contributed by atoms with Crippen molar-refractivity contribution in [2.75, 3.05) is 19.8 Å². The van der Waals surface area contributed by atoms with Crippen LogP contribution < -0.4 is 0 Å². The van der Waals surface area contributed by atoms with Gasteiger partial charge in [-0.3, -0.25) is 5.10 Å². The molecule has 0 amide bonds. The van der Waals surface area contributed by atoms with E-state index in [2.05, 4.69) is 35.3 Å². The Morgan fingerprint density at radius 2 is 2.05 bits per heavy atom. The van der Waals surface area contributed by atoms with Gasteiger partial charge in [0.05, 0.1) is 11.9 Å². The number of aromatic nitrogens is 2. The van der Waals surface area contributed by atoms with Crippen molar-refractivity contribution < 1.29 is 4.39 Å². The highest BCUT2D eigenvalue weighted by Crippen LogP contribution is 2.22. The van der Waals surface area contributed by atoms with Crippen LogP contribution in [-0.4, -0.2) is 40.2 Å². The highest BCUT2D eigenvalue weighted by atomic mass is 32.2. The second-order valence-corrected chi connectivity index (χ2v) is 6.63. The van der Waals surface area contributed by atoms with E-state index in [1.807, 2.05) is 18.0 Å². The Hall–Kier alpha value is -1.33. The molecule has 0 bridgehead atoms. The second-order valence-electron chi connectivity index (χ2n) is 5.35. The summed E-state index contributed by atoms with van der Waals surface area (Å²) in [6.07, 6.45) is 5.17. The lowest BCUT2D eigenvalue weighted by molar-refractivity contribution is 0.323. The SMILES string of the molecule is CSC(C)CCN(C)Cc1cn[nH]c1-c1ccc(F)cc1. The predicted molar refractivity (Wildman–Crippen MR) is 87.9 cm³/mol. The zero-order valence-corrected chi connectivity index (χ0v) is 13.6. The summed E-state index contributed by atoms with van der Waals surface area (Å²) in [5, 5.41) is 7.83. The standard InChI is InChI=1S/C16H22FN3S/c1-12(21-3)8-9-20(2)11-14-10-18-19-16(14)13-4-6-15(17)7-5-13/h4-7,10,12H,8-9,11H2,1-3H3,(H,18,19). The number of H-pyrrole nitrogens is 1. The van der Waals surface area contributed by atoms with Crippen LogP contribution in [0, 0.1) is 5.82 Å². The molecule has 1 atom stereocenters. The first-order valence-electron chi connectivity index (χ1n) is 7.09. The molecule has 2 aromatic rings. The van der Waals surface area contributed by atoms with Crippen molar-refractivity contribution in [1.29, 1.82) is 0 Å². The zero-order valence-electron chi connectivity index (χ0n) is 12.8. The number of benzene rings is 1. The number of thioether (sulfide) groups is 1. The number of hydrogen-bond donors (Lipinski definition) is 1. The molecule has 3 nitrogen and oxygen atoms in total. The number of hydrogen-bond acceptors (Lipinski definition) is 3. The fourth-order valence-corrected chi connectivity index (χ4v) is 2.53. The van der Waals surface area contributed by atoms with Gasteiger partial charge in [0.15, 0.2) is 0 Å². The molecule has 1 heterocycles. The lowest BCUT2D eigenvalue weighted by Gasteiger charge is -2.18. The van der Waals surface area contributed by atoms with Gasteiger partial charge in [-0.1, -0.05) is 6.92 Å². The Labute approximate surface area is 129 Å². The molecular formula is C16H22FN3S. The van der Waals surface area contributed by atoms with Crippen LogP contribution in [0.25, 0.3) is 11.3 Å². The normalized spacial score (nSPS) is 12.8. The fraction of sp³-hybridized carbons (Fsp3) is 0.438. The van der Waals surface area contributed by atoms with Crippen molar-refractivity contribution >= 4 is 11.8 Å². The minimum atomic E-state index is -0.219. The van der Waals surface area contributed by atoms with E-state index in [-0.39, 0.29) is 5.82 Å². The maximum atomic E-state index is 13.0. The van der Waals surface area contributed by atoms with Crippen LogP contribution in [0.1, 0.15) is 18.9 Å². The molecule has 0 saturated heterocycles. The Bertz CT molecular complexity index is 553. The van der Waals surface area contributed by atoms with Crippen LogP contribution in [-0.2, 0) is 6.54 Å². The molecule has 0 radical (unpaired) electrons. The molecule has 1 aromatic heterocycles. The van der Waals surface area contributed by atoms with Gasteiger partial charge in [0.2, 0.25) is 0 Å². The Morgan fingerprint density at radius 3 is 2.71 bits per heavy atom. The summed E-state index contributed by atoms with van der Waals surface area (Å²) in [6, 6.07) is 6.51. The van der Waals surface area contributed by atoms with Crippen LogP contribution in [0.3, 0.4) is 0 Å². The summed E-state index contributed by atoms with van der Waals surface area (Å²) < 4.78 is 13.0. The first kappa shape index (κ1) is 16.0. The van der Waals surface area contributed by atoms with Crippen molar-refractivity contribution in [2.24, 2.45) is 0 Å². The van der Waals surface area contributed by atoms with Gasteiger partial charge >= 0.3 is 0 Å². The molecule has 0 saturated carbocycles. The number of nitrogens with zero attached hydrogens (tertiary/aromatic N) is 2. The van der Waals surface area contributed by atoms with Crippen LogP contribution in [0.4, 0.5) is 4.39 Å². The van der Waals surface area contributed by atoms with E-state index in [0.29, 0.717) is 5.25 Å². The summed E-state index contributed by atoms with van der Waals surface area (Å²) in [6.45, 7) is 4.14. The average molecular weight is 307 g/mol. The van der Waals surface area contributed by atoms with Crippen LogP contribution in [0.2, 0.25) is 0 Å². The minimum absolute atomic E-state index is 0.219. The second kappa shape index (κ2) is 7.61. The third-order valence-corrected chi connectivity index (χ3v) is 4.65. The van der Waals surface area contributed by atoms with E-state index in [1.54, 1.807) is 12.1 Å². The molecule has 5 heteroatoms. The summed E-state index contributed by atoms with van der Waals surface area (Å²) in [5.41, 5.74) is 3.08. The summed E-state index contributed by atoms with van der Waals surface area (Å²) in [4.78, 5) is 2.30. The molecular weight excluding hydrogens is 285 g/mol. The number of halogens is 1. The zero-order chi connectivity index (χ0) is 15.2. The van der Waals surface area contributed by atoms with Crippen molar-refractivity contribution in [2.45, 2.75) is 25.1 Å². The van der Waals surface area contributed by atoms with E-state index in [1.165, 1.54) is 18.6 Å². The lowest BCUT2D eigenvalue weighted by Crippen LogP contribution is -2.21. The molecule has 0 spiro atoms. The largest absolute Gasteiger partial charge is 0.302 e. The molecule has 1 aromatic carbocycles.